The summed E-state index contributed by atoms with van der Waals surface area (Å²) in [6.07, 6.45) is 6.26. The largest absolute Gasteiger partial charge is 0.457 e. The van der Waals surface area contributed by atoms with Gasteiger partial charge in [0.25, 0.3) is 0 Å². The van der Waals surface area contributed by atoms with Crippen LogP contribution in [0.5, 0.6) is 0 Å². The average molecular weight is 371 g/mol. The summed E-state index contributed by atoms with van der Waals surface area (Å²) in [6.45, 7) is 10.9. The van der Waals surface area contributed by atoms with Crippen LogP contribution in [0.2, 0.25) is 0 Å². The quantitative estimate of drug-likeness (QED) is 0.215. The van der Waals surface area contributed by atoms with Crippen LogP contribution in [-0.4, -0.2) is 29.0 Å². The van der Waals surface area contributed by atoms with Crippen molar-refractivity contribution in [1.29, 1.82) is 0 Å². The predicted octanol–water partition coefficient (Wildman–Crippen LogP) is 4.64. The Bertz CT molecular complexity index is 513. The molecule has 0 aromatic carbocycles. The predicted molar refractivity (Wildman–Crippen MR) is 101 cm³/mol. The van der Waals surface area contributed by atoms with Gasteiger partial charge >= 0.3 is 11.9 Å². The number of halogens is 1. The molecule has 0 aliphatic rings. The standard InChI is InChI=1S/C20H31ClO4/c1-19(2,3)24-17(22)12-8-7-10-16(11-9-15-21)13-14-18(23)25-20(4,5)6/h8,12,16H,7,9-11,15H2,1-6H3/b12-8-. The molecule has 0 aromatic rings. The van der Waals surface area contributed by atoms with Gasteiger partial charge in [0.05, 0.1) is 0 Å². The molecule has 25 heavy (non-hydrogen) atoms. The molecule has 0 amide bonds. The first kappa shape index (κ1) is 23.5. The van der Waals surface area contributed by atoms with Crippen molar-refractivity contribution in [2.24, 2.45) is 5.92 Å². The van der Waals surface area contributed by atoms with E-state index in [1.54, 1.807) is 26.8 Å². The fourth-order valence-electron chi connectivity index (χ4n) is 1.89. The molecule has 0 N–H and O–H groups in total. The number of ether oxygens (including phenoxy) is 2. The number of rotatable bonds is 7. The molecule has 0 radical (unpaired) electrons. The van der Waals surface area contributed by atoms with Gasteiger partial charge in [0, 0.05) is 23.8 Å². The Kier molecular flexibility index (Phi) is 10.5. The smallest absolute Gasteiger partial charge is 0.384 e. The zero-order valence-electron chi connectivity index (χ0n) is 16.3. The van der Waals surface area contributed by atoms with Crippen LogP contribution < -0.4 is 0 Å². The van der Waals surface area contributed by atoms with E-state index in [-0.39, 0.29) is 11.9 Å². The van der Waals surface area contributed by atoms with Crippen molar-refractivity contribution in [1.82, 2.24) is 0 Å². The van der Waals surface area contributed by atoms with Crippen LogP contribution in [0.1, 0.15) is 67.2 Å². The van der Waals surface area contributed by atoms with E-state index < -0.39 is 17.2 Å². The molecule has 5 heteroatoms. The third-order valence-corrected chi connectivity index (χ3v) is 3.07. The fourth-order valence-corrected chi connectivity index (χ4v) is 2.04. The Hall–Kier alpha value is -1.47. The van der Waals surface area contributed by atoms with Crippen molar-refractivity contribution in [2.45, 2.75) is 78.4 Å². The Morgan fingerprint density at radius 2 is 1.64 bits per heavy atom. The van der Waals surface area contributed by atoms with Gasteiger partial charge in [-0.3, -0.25) is 0 Å². The highest BCUT2D eigenvalue weighted by atomic mass is 35.5. The number of hydrogen-bond acceptors (Lipinski definition) is 4. The maximum atomic E-state index is 11.7. The van der Waals surface area contributed by atoms with Gasteiger partial charge in [0.2, 0.25) is 0 Å². The molecule has 0 fully saturated rings. The molecule has 1 atom stereocenters. The van der Waals surface area contributed by atoms with Crippen molar-refractivity contribution in [2.75, 3.05) is 5.88 Å². The van der Waals surface area contributed by atoms with E-state index in [1.807, 2.05) is 20.8 Å². The highest BCUT2D eigenvalue weighted by molar-refractivity contribution is 6.17. The van der Waals surface area contributed by atoms with Gasteiger partial charge in [-0.25, -0.2) is 9.59 Å². The van der Waals surface area contributed by atoms with Crippen LogP contribution in [-0.2, 0) is 19.1 Å². The van der Waals surface area contributed by atoms with E-state index in [1.165, 1.54) is 6.08 Å². The van der Waals surface area contributed by atoms with Crippen molar-refractivity contribution >= 4 is 23.5 Å². The SMILES string of the molecule is CC(C)(C)OC(=O)C#CC(CC/C=C\C(=O)OC(C)(C)C)CCCCl. The van der Waals surface area contributed by atoms with Crippen LogP contribution in [0.25, 0.3) is 0 Å². The monoisotopic (exact) mass is 370 g/mol. The fraction of sp³-hybridized carbons (Fsp3) is 0.700. The Morgan fingerprint density at radius 3 is 2.16 bits per heavy atom. The molecule has 0 rings (SSSR count). The number of carbonyl (C=O) groups is 2. The third-order valence-electron chi connectivity index (χ3n) is 2.81. The molecule has 0 saturated heterocycles. The van der Waals surface area contributed by atoms with Crippen LogP contribution in [0.3, 0.4) is 0 Å². The topological polar surface area (TPSA) is 52.6 Å². The summed E-state index contributed by atoms with van der Waals surface area (Å²) in [5.41, 5.74) is -1.04. The van der Waals surface area contributed by atoms with E-state index >= 15 is 0 Å². The minimum absolute atomic E-state index is 0.0366. The summed E-state index contributed by atoms with van der Waals surface area (Å²) in [6, 6.07) is 0. The number of alkyl halides is 1. The lowest BCUT2D eigenvalue weighted by atomic mass is 9.98. The minimum Gasteiger partial charge on any atom is -0.457 e. The molecule has 0 aromatic heterocycles. The maximum absolute atomic E-state index is 11.7. The first-order chi connectivity index (χ1) is 11.4. The second-order valence-electron chi connectivity index (χ2n) is 7.81. The highest BCUT2D eigenvalue weighted by Gasteiger charge is 2.15. The maximum Gasteiger partial charge on any atom is 0.384 e. The van der Waals surface area contributed by atoms with Crippen molar-refractivity contribution in [3.63, 3.8) is 0 Å². The molecule has 1 unspecified atom stereocenters. The highest BCUT2D eigenvalue weighted by Crippen LogP contribution is 2.15. The van der Waals surface area contributed by atoms with Gasteiger partial charge < -0.3 is 9.47 Å². The van der Waals surface area contributed by atoms with Crippen molar-refractivity contribution in [3.05, 3.63) is 12.2 Å². The van der Waals surface area contributed by atoms with Gasteiger partial charge in [-0.1, -0.05) is 12.0 Å². The van der Waals surface area contributed by atoms with E-state index in [2.05, 4.69) is 11.8 Å². The Labute approximate surface area is 157 Å². The molecule has 0 spiro atoms. The molecule has 4 nitrogen and oxygen atoms in total. The first-order valence-corrected chi connectivity index (χ1v) is 9.16. The van der Waals surface area contributed by atoms with Crippen LogP contribution >= 0.6 is 11.6 Å². The van der Waals surface area contributed by atoms with E-state index in [0.29, 0.717) is 12.3 Å². The molecular formula is C20H31ClO4. The second kappa shape index (κ2) is 11.2. The van der Waals surface area contributed by atoms with Crippen molar-refractivity contribution in [3.8, 4) is 11.8 Å². The van der Waals surface area contributed by atoms with Gasteiger partial charge in [0.15, 0.2) is 0 Å². The molecule has 0 bridgehead atoms. The van der Waals surface area contributed by atoms with Crippen LogP contribution in [0.15, 0.2) is 12.2 Å². The lowest BCUT2D eigenvalue weighted by molar-refractivity contribution is -0.149. The third kappa shape index (κ3) is 15.8. The Morgan fingerprint density at radius 1 is 1.04 bits per heavy atom. The van der Waals surface area contributed by atoms with Crippen LogP contribution in [0.4, 0.5) is 0 Å². The molecule has 0 aliphatic carbocycles. The zero-order valence-corrected chi connectivity index (χ0v) is 17.0. The summed E-state index contributed by atoms with van der Waals surface area (Å²) < 4.78 is 10.4. The summed E-state index contributed by atoms with van der Waals surface area (Å²) in [5.74, 6) is 5.24. The first-order valence-electron chi connectivity index (χ1n) is 8.63. The molecule has 0 saturated carbocycles. The lowest BCUT2D eigenvalue weighted by Gasteiger charge is -2.17. The van der Waals surface area contributed by atoms with Crippen molar-refractivity contribution < 1.29 is 19.1 Å². The summed E-state index contributed by atoms with van der Waals surface area (Å²) in [4.78, 5) is 23.3. The second-order valence-corrected chi connectivity index (χ2v) is 8.19. The number of hydrogen-bond donors (Lipinski definition) is 0. The minimum atomic E-state index is -0.548. The van der Waals surface area contributed by atoms with E-state index in [0.717, 1.165) is 19.3 Å². The summed E-state index contributed by atoms with van der Waals surface area (Å²) >= 11 is 5.74. The molecular weight excluding hydrogens is 340 g/mol. The Balaban J connectivity index is 4.55. The van der Waals surface area contributed by atoms with Crippen LogP contribution in [0, 0.1) is 17.8 Å². The molecule has 0 aliphatic heterocycles. The summed E-state index contributed by atoms with van der Waals surface area (Å²) in [5, 5.41) is 0. The lowest BCUT2D eigenvalue weighted by Crippen LogP contribution is -2.22. The van der Waals surface area contributed by atoms with E-state index in [4.69, 9.17) is 21.1 Å². The van der Waals surface area contributed by atoms with Gasteiger partial charge in [0.1, 0.15) is 11.2 Å². The zero-order chi connectivity index (χ0) is 19.5. The summed E-state index contributed by atoms with van der Waals surface area (Å²) in [7, 11) is 0. The number of allylic oxidation sites excluding steroid dienone is 1. The van der Waals surface area contributed by atoms with Gasteiger partial charge in [-0.05, 0) is 67.2 Å². The molecule has 0 heterocycles. The number of esters is 2. The average Bonchev–Trinajstić information content (AvgIpc) is 2.41. The number of carbonyl (C=O) groups excluding carboxylic acids is 2. The van der Waals surface area contributed by atoms with E-state index in [9.17, 15) is 9.59 Å². The molecule has 142 valence electrons. The normalized spacial score (nSPS) is 13.1. The van der Waals surface area contributed by atoms with Gasteiger partial charge in [-0.15, -0.1) is 11.6 Å². The van der Waals surface area contributed by atoms with Gasteiger partial charge in [-0.2, -0.15) is 0 Å².